The first-order valence-electron chi connectivity index (χ1n) is 10.2. The number of nitrogens with zero attached hydrogens (tertiary/aromatic N) is 5. The molecule has 1 aromatic carbocycles. The number of rotatable bonds is 4. The van der Waals surface area contributed by atoms with Crippen molar-refractivity contribution in [2.75, 3.05) is 13.1 Å². The number of likely N-dealkylation sites (tertiary alicyclic amines) is 1. The molecule has 3 aromatic rings. The third-order valence-electron chi connectivity index (χ3n) is 6.01. The highest BCUT2D eigenvalue weighted by atomic mass is 16.5. The molecular formula is C22H21N5O4. The topological polar surface area (TPSA) is 110 Å². The van der Waals surface area contributed by atoms with E-state index in [1.54, 1.807) is 17.3 Å². The third-order valence-corrected chi connectivity index (χ3v) is 6.01. The number of carbonyl (C=O) groups is 2. The van der Waals surface area contributed by atoms with Crippen LogP contribution < -0.4 is 4.74 Å². The SMILES string of the molecule is O=C(O)c1ccn(C(=O)N2C[C@H]3CC(Oc4cccc(-c5cncnc5)c4)C[C@H]3C2)n1. The fourth-order valence-corrected chi connectivity index (χ4v) is 4.58. The molecule has 0 bridgehead atoms. The second-order valence-corrected chi connectivity index (χ2v) is 8.02. The normalized spacial score (nSPS) is 22.3. The minimum absolute atomic E-state index is 0.109. The van der Waals surface area contributed by atoms with Crippen LogP contribution in [0.1, 0.15) is 23.3 Å². The first kappa shape index (κ1) is 19.2. The molecular weight excluding hydrogens is 398 g/mol. The molecule has 9 nitrogen and oxygen atoms in total. The summed E-state index contributed by atoms with van der Waals surface area (Å²) in [7, 11) is 0. The first-order valence-corrected chi connectivity index (χ1v) is 10.2. The van der Waals surface area contributed by atoms with Gasteiger partial charge in [-0.15, -0.1) is 0 Å². The number of fused-ring (bicyclic) bond motifs is 1. The summed E-state index contributed by atoms with van der Waals surface area (Å²) in [5.41, 5.74) is 1.81. The number of hydrogen-bond acceptors (Lipinski definition) is 6. The lowest BCUT2D eigenvalue weighted by Crippen LogP contribution is -2.34. The van der Waals surface area contributed by atoms with Crippen molar-refractivity contribution < 1.29 is 19.4 Å². The molecule has 9 heteroatoms. The number of carboxylic acid groups (broad SMARTS) is 1. The molecule has 0 radical (unpaired) electrons. The second kappa shape index (κ2) is 7.82. The summed E-state index contributed by atoms with van der Waals surface area (Å²) in [5.74, 6) is 0.411. The van der Waals surface area contributed by atoms with Gasteiger partial charge in [-0.05, 0) is 48.4 Å². The fourth-order valence-electron chi connectivity index (χ4n) is 4.58. The van der Waals surface area contributed by atoms with Crippen molar-refractivity contribution in [2.24, 2.45) is 11.8 Å². The number of carboxylic acids is 1. The van der Waals surface area contributed by atoms with Gasteiger partial charge in [-0.2, -0.15) is 9.78 Å². The van der Waals surface area contributed by atoms with Crippen LogP contribution in [0, 0.1) is 11.8 Å². The van der Waals surface area contributed by atoms with Crippen LogP contribution in [0.15, 0.2) is 55.2 Å². The molecule has 2 fully saturated rings. The summed E-state index contributed by atoms with van der Waals surface area (Å²) in [6, 6.07) is 8.97. The van der Waals surface area contributed by atoms with Crippen LogP contribution in [0.3, 0.4) is 0 Å². The Labute approximate surface area is 178 Å². The summed E-state index contributed by atoms with van der Waals surface area (Å²) in [4.78, 5) is 33.5. The van der Waals surface area contributed by atoms with Gasteiger partial charge < -0.3 is 14.7 Å². The average molecular weight is 419 g/mol. The highest BCUT2D eigenvalue weighted by Gasteiger charge is 2.43. The van der Waals surface area contributed by atoms with E-state index in [1.165, 1.54) is 18.6 Å². The Bertz CT molecular complexity index is 1100. The molecule has 31 heavy (non-hydrogen) atoms. The van der Waals surface area contributed by atoms with Crippen molar-refractivity contribution in [3.05, 3.63) is 60.9 Å². The van der Waals surface area contributed by atoms with Gasteiger partial charge in [0.25, 0.3) is 0 Å². The Morgan fingerprint density at radius 1 is 1.03 bits per heavy atom. The van der Waals surface area contributed by atoms with Gasteiger partial charge in [0.15, 0.2) is 5.69 Å². The van der Waals surface area contributed by atoms with Crippen LogP contribution in [-0.2, 0) is 0 Å². The van der Waals surface area contributed by atoms with E-state index in [0.29, 0.717) is 24.9 Å². The lowest BCUT2D eigenvalue weighted by Gasteiger charge is -2.20. The summed E-state index contributed by atoms with van der Waals surface area (Å²) < 4.78 is 7.37. The van der Waals surface area contributed by atoms with Crippen molar-refractivity contribution >= 4 is 12.0 Å². The van der Waals surface area contributed by atoms with Gasteiger partial charge in [-0.3, -0.25) is 0 Å². The maximum Gasteiger partial charge on any atom is 0.356 e. The number of hydrogen-bond donors (Lipinski definition) is 1. The van der Waals surface area contributed by atoms with E-state index in [1.807, 2.05) is 24.3 Å². The molecule has 3 heterocycles. The lowest BCUT2D eigenvalue weighted by atomic mass is 10.0. The molecule has 1 saturated carbocycles. The molecule has 1 aliphatic carbocycles. The van der Waals surface area contributed by atoms with Gasteiger partial charge in [0, 0.05) is 37.2 Å². The highest BCUT2D eigenvalue weighted by Crippen LogP contribution is 2.40. The van der Waals surface area contributed by atoms with Crippen LogP contribution in [0.4, 0.5) is 4.79 Å². The Balaban J connectivity index is 1.20. The largest absolute Gasteiger partial charge is 0.490 e. The van der Waals surface area contributed by atoms with Crippen LogP contribution in [0.2, 0.25) is 0 Å². The van der Waals surface area contributed by atoms with Crippen LogP contribution in [0.5, 0.6) is 5.75 Å². The van der Waals surface area contributed by atoms with Crippen LogP contribution in [0.25, 0.3) is 11.1 Å². The smallest absolute Gasteiger partial charge is 0.356 e. The van der Waals surface area contributed by atoms with Crippen molar-refractivity contribution in [2.45, 2.75) is 18.9 Å². The quantitative estimate of drug-likeness (QED) is 0.692. The highest BCUT2D eigenvalue weighted by molar-refractivity contribution is 5.86. The molecule has 0 spiro atoms. The van der Waals surface area contributed by atoms with E-state index >= 15 is 0 Å². The third kappa shape index (κ3) is 3.86. The minimum Gasteiger partial charge on any atom is -0.490 e. The van der Waals surface area contributed by atoms with Gasteiger partial charge >= 0.3 is 12.0 Å². The van der Waals surface area contributed by atoms with Gasteiger partial charge in [0.1, 0.15) is 12.1 Å². The van der Waals surface area contributed by atoms with Gasteiger partial charge in [-0.25, -0.2) is 19.6 Å². The zero-order chi connectivity index (χ0) is 21.4. The predicted octanol–water partition coefficient (Wildman–Crippen LogP) is 2.80. The van der Waals surface area contributed by atoms with Crippen molar-refractivity contribution in [1.82, 2.24) is 24.6 Å². The molecule has 1 saturated heterocycles. The molecule has 1 amide bonds. The number of carbonyl (C=O) groups excluding carboxylic acids is 1. The standard InChI is InChI=1S/C22H21N5O4/c28-21(29)20-4-5-27(25-20)22(30)26-11-15-7-19(8-16(15)12-26)31-18-3-1-2-14(6-18)17-9-23-13-24-10-17/h1-6,9-10,13,15-16,19H,7-8,11-12H2,(H,28,29)/t15-,16+,19?. The molecule has 1 aliphatic heterocycles. The van der Waals surface area contributed by atoms with E-state index in [0.717, 1.165) is 34.4 Å². The Morgan fingerprint density at radius 2 is 1.77 bits per heavy atom. The lowest BCUT2D eigenvalue weighted by molar-refractivity contribution is 0.0690. The van der Waals surface area contributed by atoms with Crippen molar-refractivity contribution in [3.8, 4) is 16.9 Å². The average Bonchev–Trinajstić information content (AvgIpc) is 3.49. The summed E-state index contributed by atoms with van der Waals surface area (Å²) in [6.07, 6.45) is 8.33. The van der Waals surface area contributed by atoms with Crippen molar-refractivity contribution in [1.29, 1.82) is 0 Å². The van der Waals surface area contributed by atoms with Crippen LogP contribution in [-0.4, -0.2) is 60.9 Å². The van der Waals surface area contributed by atoms with Crippen molar-refractivity contribution in [3.63, 3.8) is 0 Å². The minimum atomic E-state index is -1.14. The number of ether oxygens (including phenoxy) is 1. The number of benzene rings is 1. The second-order valence-electron chi connectivity index (χ2n) is 8.02. The molecule has 1 unspecified atom stereocenters. The molecule has 3 atom stereocenters. The van der Waals surface area contributed by atoms with E-state index in [2.05, 4.69) is 15.1 Å². The summed E-state index contributed by atoms with van der Waals surface area (Å²) in [6.45, 7) is 1.26. The Kier molecular flexibility index (Phi) is 4.85. The predicted molar refractivity (Wildman–Crippen MR) is 110 cm³/mol. The zero-order valence-electron chi connectivity index (χ0n) is 16.7. The molecule has 1 N–H and O–H groups in total. The molecule has 5 rings (SSSR count). The maximum atomic E-state index is 12.7. The van der Waals surface area contributed by atoms with Gasteiger partial charge in [0.2, 0.25) is 0 Å². The zero-order valence-corrected chi connectivity index (χ0v) is 16.7. The van der Waals surface area contributed by atoms with E-state index in [9.17, 15) is 9.59 Å². The van der Waals surface area contributed by atoms with Gasteiger partial charge in [0.05, 0.1) is 6.10 Å². The molecule has 2 aliphatic rings. The Hall–Kier alpha value is -3.75. The monoisotopic (exact) mass is 419 g/mol. The number of amides is 1. The van der Waals surface area contributed by atoms with E-state index in [-0.39, 0.29) is 17.8 Å². The first-order chi connectivity index (χ1) is 15.1. The van der Waals surface area contributed by atoms with E-state index < -0.39 is 5.97 Å². The fraction of sp³-hybridized carbons (Fsp3) is 0.318. The number of aromatic carboxylic acids is 1. The summed E-state index contributed by atoms with van der Waals surface area (Å²) in [5, 5.41) is 12.8. The van der Waals surface area contributed by atoms with E-state index in [4.69, 9.17) is 9.84 Å². The summed E-state index contributed by atoms with van der Waals surface area (Å²) >= 11 is 0. The van der Waals surface area contributed by atoms with Gasteiger partial charge in [-0.1, -0.05) is 12.1 Å². The molecule has 2 aromatic heterocycles. The maximum absolute atomic E-state index is 12.7. The Morgan fingerprint density at radius 3 is 2.45 bits per heavy atom. The van der Waals surface area contributed by atoms with Crippen LogP contribution >= 0.6 is 0 Å². The molecule has 158 valence electrons. The number of aromatic nitrogens is 4.